The van der Waals surface area contributed by atoms with Crippen molar-refractivity contribution in [3.8, 4) is 28.8 Å². The van der Waals surface area contributed by atoms with Crippen LogP contribution in [0.3, 0.4) is 0 Å². The Morgan fingerprint density at radius 3 is 2.22 bits per heavy atom. The van der Waals surface area contributed by atoms with Crippen molar-refractivity contribution < 1.29 is 37.2 Å². The van der Waals surface area contributed by atoms with Crippen LogP contribution in [-0.4, -0.2) is 19.9 Å². The first-order chi connectivity index (χ1) is 17.0. The van der Waals surface area contributed by atoms with Crippen LogP contribution in [0.1, 0.15) is 16.8 Å². The molecule has 2 aromatic carbocycles. The van der Waals surface area contributed by atoms with E-state index in [1.807, 2.05) is 54.6 Å². The Morgan fingerprint density at radius 2 is 1.56 bits per heavy atom. The molecular weight excluding hydrogens is 510 g/mol. The molecule has 0 saturated carbocycles. The minimum absolute atomic E-state index is 0.107. The van der Waals surface area contributed by atoms with Gasteiger partial charge >= 0.3 is 15.5 Å². The highest BCUT2D eigenvalue weighted by Gasteiger charge is 2.23. The maximum Gasteiger partial charge on any atom is 0.454 e. The fourth-order valence-corrected chi connectivity index (χ4v) is 3.92. The Labute approximate surface area is 205 Å². The van der Waals surface area contributed by atoms with Gasteiger partial charge in [0.15, 0.2) is 5.76 Å². The molecule has 0 fully saturated rings. The average molecular weight is 532 g/mol. The highest BCUT2D eigenvalue weighted by molar-refractivity contribution is 7.50. The van der Waals surface area contributed by atoms with Crippen LogP contribution in [0.5, 0.6) is 17.5 Å². The Morgan fingerprint density at radius 1 is 0.861 bits per heavy atom. The second-order valence-electron chi connectivity index (χ2n) is 7.59. The molecule has 4 rings (SSSR count). The van der Waals surface area contributed by atoms with E-state index in [-0.39, 0.29) is 11.3 Å². The standard InChI is InChI=1S/C22H22N4O8P2/c23-35(27,28)33-21-11-10-19(22(25-21)34-36(24,29)30)20-13-17(26-32-20)12-15-6-8-18(9-7-15)31-14-16-4-2-1-3-5-16/h1-11,13H,12,14H2,(H3,23,27,28)(H3,24,29,30). The van der Waals surface area contributed by atoms with Crippen molar-refractivity contribution in [1.82, 2.24) is 10.1 Å². The highest BCUT2D eigenvalue weighted by Crippen LogP contribution is 2.42. The van der Waals surface area contributed by atoms with Gasteiger partial charge in [-0.1, -0.05) is 47.6 Å². The zero-order chi connectivity index (χ0) is 25.8. The molecule has 6 N–H and O–H groups in total. The van der Waals surface area contributed by atoms with Crippen molar-refractivity contribution in [2.45, 2.75) is 13.0 Å². The minimum atomic E-state index is -4.54. The summed E-state index contributed by atoms with van der Waals surface area (Å²) in [6, 6.07) is 21.4. The third kappa shape index (κ3) is 7.50. The van der Waals surface area contributed by atoms with Crippen LogP contribution >= 0.6 is 15.5 Å². The SMILES string of the molecule is NP(=O)(O)Oc1ccc(-c2cc(Cc3ccc(OCc4ccccc4)cc3)no2)c(OP(N)(=O)O)n1. The molecule has 36 heavy (non-hydrogen) atoms. The molecule has 0 aliphatic rings. The van der Waals surface area contributed by atoms with Gasteiger partial charge in [-0.25, -0.2) is 20.1 Å². The first-order valence-electron chi connectivity index (χ1n) is 10.4. The Kier molecular flexibility index (Phi) is 7.56. The number of nitrogens with zero attached hydrogens (tertiary/aromatic N) is 2. The van der Waals surface area contributed by atoms with E-state index in [0.717, 1.165) is 16.9 Å². The third-order valence-electron chi connectivity index (χ3n) is 4.66. The first-order valence-corrected chi connectivity index (χ1v) is 13.7. The summed E-state index contributed by atoms with van der Waals surface area (Å²) in [4.78, 5) is 22.4. The lowest BCUT2D eigenvalue weighted by molar-refractivity contribution is 0.306. The van der Waals surface area contributed by atoms with Gasteiger partial charge in [0.05, 0.1) is 11.3 Å². The van der Waals surface area contributed by atoms with E-state index < -0.39 is 27.3 Å². The second-order valence-corrected chi connectivity index (χ2v) is 10.2. The third-order valence-corrected chi connectivity index (χ3v) is 5.54. The van der Waals surface area contributed by atoms with E-state index in [4.69, 9.17) is 24.8 Å². The molecule has 4 aromatic rings. The van der Waals surface area contributed by atoms with Gasteiger partial charge in [-0.3, -0.25) is 0 Å². The molecule has 0 amide bonds. The number of hydrogen-bond acceptors (Lipinski definition) is 8. The summed E-state index contributed by atoms with van der Waals surface area (Å²) in [5, 5.41) is 4.02. The quantitative estimate of drug-likeness (QED) is 0.216. The Bertz CT molecular complexity index is 1420. The molecule has 0 saturated heterocycles. The van der Waals surface area contributed by atoms with E-state index in [0.29, 0.717) is 18.7 Å². The van der Waals surface area contributed by atoms with Crippen LogP contribution in [0.2, 0.25) is 0 Å². The van der Waals surface area contributed by atoms with E-state index in [1.54, 1.807) is 6.07 Å². The highest BCUT2D eigenvalue weighted by atomic mass is 31.2. The normalized spacial score (nSPS) is 14.4. The predicted octanol–water partition coefficient (Wildman–Crippen LogP) is 3.78. The van der Waals surface area contributed by atoms with Gasteiger partial charge in [0.1, 0.15) is 12.4 Å². The molecular formula is C22H22N4O8P2. The Hall–Kier alpha value is -3.50. The van der Waals surface area contributed by atoms with Gasteiger partial charge in [-0.15, -0.1) is 0 Å². The van der Waals surface area contributed by atoms with Gasteiger partial charge in [0, 0.05) is 18.6 Å². The number of ether oxygens (including phenoxy) is 1. The predicted molar refractivity (Wildman–Crippen MR) is 129 cm³/mol. The second kappa shape index (κ2) is 10.6. The molecule has 0 spiro atoms. The molecule has 2 atom stereocenters. The zero-order valence-corrected chi connectivity index (χ0v) is 20.4. The van der Waals surface area contributed by atoms with Gasteiger partial charge in [-0.05, 0) is 29.3 Å². The lowest BCUT2D eigenvalue weighted by atomic mass is 10.1. The fourth-order valence-electron chi connectivity index (χ4n) is 3.16. The summed E-state index contributed by atoms with van der Waals surface area (Å²) >= 11 is 0. The zero-order valence-electron chi connectivity index (χ0n) is 18.6. The fraction of sp³-hybridized carbons (Fsp3) is 0.0909. The number of hydrogen-bond donors (Lipinski definition) is 4. The van der Waals surface area contributed by atoms with Crippen molar-refractivity contribution in [2.24, 2.45) is 11.0 Å². The van der Waals surface area contributed by atoms with Crippen molar-refractivity contribution in [1.29, 1.82) is 0 Å². The van der Waals surface area contributed by atoms with E-state index in [9.17, 15) is 18.9 Å². The van der Waals surface area contributed by atoms with Crippen LogP contribution < -0.4 is 24.8 Å². The van der Waals surface area contributed by atoms with Crippen LogP contribution in [-0.2, 0) is 22.2 Å². The van der Waals surface area contributed by atoms with Crippen LogP contribution in [0.15, 0.2) is 77.3 Å². The van der Waals surface area contributed by atoms with Gasteiger partial charge < -0.3 is 28.1 Å². The van der Waals surface area contributed by atoms with E-state index >= 15 is 0 Å². The summed E-state index contributed by atoms with van der Waals surface area (Å²) in [6.07, 6.45) is 0.420. The average Bonchev–Trinajstić information content (AvgIpc) is 3.25. The van der Waals surface area contributed by atoms with E-state index in [1.165, 1.54) is 12.1 Å². The van der Waals surface area contributed by atoms with Crippen LogP contribution in [0, 0.1) is 0 Å². The largest absolute Gasteiger partial charge is 0.489 e. The lowest BCUT2D eigenvalue weighted by Gasteiger charge is -2.12. The van der Waals surface area contributed by atoms with Gasteiger partial charge in [0.2, 0.25) is 11.8 Å². The molecule has 188 valence electrons. The van der Waals surface area contributed by atoms with Crippen molar-refractivity contribution >= 4 is 15.5 Å². The lowest BCUT2D eigenvalue weighted by Crippen LogP contribution is -2.05. The summed E-state index contributed by atoms with van der Waals surface area (Å²) in [5.41, 5.74) is 12.7. The molecule has 2 unspecified atom stereocenters. The molecule has 0 bridgehead atoms. The number of pyridine rings is 1. The van der Waals surface area contributed by atoms with Gasteiger partial charge in [-0.2, -0.15) is 4.98 Å². The number of benzene rings is 2. The topological polar surface area (TPSA) is 193 Å². The van der Waals surface area contributed by atoms with Crippen molar-refractivity contribution in [3.05, 3.63) is 89.6 Å². The monoisotopic (exact) mass is 532 g/mol. The van der Waals surface area contributed by atoms with Gasteiger partial charge in [0.25, 0.3) is 0 Å². The summed E-state index contributed by atoms with van der Waals surface area (Å²) in [6.45, 7) is 0.458. The summed E-state index contributed by atoms with van der Waals surface area (Å²) < 4.78 is 43.5. The van der Waals surface area contributed by atoms with Crippen molar-refractivity contribution in [3.63, 3.8) is 0 Å². The van der Waals surface area contributed by atoms with Crippen LogP contribution in [0.4, 0.5) is 0 Å². The molecule has 12 nitrogen and oxygen atoms in total. The van der Waals surface area contributed by atoms with Crippen molar-refractivity contribution in [2.75, 3.05) is 0 Å². The first kappa shape index (κ1) is 25.6. The molecule has 0 radical (unpaired) electrons. The molecule has 2 heterocycles. The molecule has 0 aliphatic carbocycles. The number of nitrogens with two attached hydrogens (primary N) is 2. The maximum absolute atomic E-state index is 11.6. The summed E-state index contributed by atoms with van der Waals surface area (Å²) in [7, 11) is -8.97. The maximum atomic E-state index is 11.6. The molecule has 0 aliphatic heterocycles. The minimum Gasteiger partial charge on any atom is -0.489 e. The Balaban J connectivity index is 1.48. The smallest absolute Gasteiger partial charge is 0.454 e. The summed E-state index contributed by atoms with van der Waals surface area (Å²) in [5.74, 6) is -0.0317. The van der Waals surface area contributed by atoms with Crippen LogP contribution in [0.25, 0.3) is 11.3 Å². The number of aromatic nitrogens is 2. The number of rotatable bonds is 10. The molecule has 2 aromatic heterocycles. The van der Waals surface area contributed by atoms with E-state index in [2.05, 4.69) is 14.7 Å². The molecule has 14 heteroatoms.